The van der Waals surface area contributed by atoms with E-state index in [-0.39, 0.29) is 5.91 Å². The van der Waals surface area contributed by atoms with Crippen molar-refractivity contribution in [1.29, 1.82) is 0 Å². The summed E-state index contributed by atoms with van der Waals surface area (Å²) in [6.07, 6.45) is 0.974. The van der Waals surface area contributed by atoms with Crippen molar-refractivity contribution in [3.63, 3.8) is 0 Å². The summed E-state index contributed by atoms with van der Waals surface area (Å²) in [5.41, 5.74) is 2.89. The predicted octanol–water partition coefficient (Wildman–Crippen LogP) is 3.54. The summed E-state index contributed by atoms with van der Waals surface area (Å²) in [6.45, 7) is 4.90. The molecular formula is C15H21FN2O. The Morgan fingerprint density at radius 1 is 1.32 bits per heavy atom. The number of carbonyl (C=O) groups is 1. The highest BCUT2D eigenvalue weighted by molar-refractivity contribution is 5.98. The molecule has 19 heavy (non-hydrogen) atoms. The molecule has 2 rings (SSSR count). The van der Waals surface area contributed by atoms with Crippen molar-refractivity contribution in [1.82, 2.24) is 9.88 Å². The normalized spacial score (nSPS) is 9.95. The fraction of sp³-hybridized carbons (Fsp3) is 0.400. The molecule has 0 fully saturated rings. The molecular weight excluding hydrogens is 243 g/mol. The fourth-order valence-corrected chi connectivity index (χ4v) is 2.00. The third-order valence-electron chi connectivity index (χ3n) is 2.91. The maximum atomic E-state index is 12.1. The molecule has 0 aliphatic heterocycles. The molecule has 0 unspecified atom stereocenters. The number of H-pyrrole nitrogens is 1. The zero-order valence-corrected chi connectivity index (χ0v) is 12.0. The number of fused-ring (bicyclic) bond motifs is 1. The van der Waals surface area contributed by atoms with Gasteiger partial charge >= 0.3 is 0 Å². The number of hydrogen-bond donors (Lipinski definition) is 1. The smallest absolute Gasteiger partial charge is 0.270 e. The lowest BCUT2D eigenvalue weighted by molar-refractivity contribution is 0.0790. The van der Waals surface area contributed by atoms with Gasteiger partial charge in [-0.25, -0.2) is 0 Å². The number of amides is 1. The van der Waals surface area contributed by atoms with E-state index in [1.807, 2.05) is 26.1 Å². The standard InChI is InChI=1S/C14H18N2O.CH3F/c1-4-7-16(3)14(17)13-9-11-6-5-10(2)8-12(11)15-13;1-2/h5-6,8-9,15H,4,7H2,1-3H3;1H3. The average Bonchev–Trinajstić information content (AvgIpc) is 2.83. The van der Waals surface area contributed by atoms with Crippen LogP contribution in [0.15, 0.2) is 24.3 Å². The van der Waals surface area contributed by atoms with Crippen LogP contribution in [0.1, 0.15) is 29.4 Å². The summed E-state index contributed by atoms with van der Waals surface area (Å²) in [7, 11) is 2.34. The largest absolute Gasteiger partial charge is 0.351 e. The Morgan fingerprint density at radius 2 is 2.00 bits per heavy atom. The number of nitrogens with one attached hydrogen (secondary N) is 1. The molecule has 0 atom stereocenters. The first-order valence-corrected chi connectivity index (χ1v) is 6.34. The zero-order valence-electron chi connectivity index (χ0n) is 12.0. The molecule has 0 spiro atoms. The van der Waals surface area contributed by atoms with E-state index < -0.39 is 0 Å². The number of alkyl halides is 1. The van der Waals surface area contributed by atoms with Crippen LogP contribution in [0, 0.1) is 6.92 Å². The van der Waals surface area contributed by atoms with Gasteiger partial charge in [0.05, 0.1) is 7.18 Å². The summed E-state index contributed by atoms with van der Waals surface area (Å²) < 4.78 is 9.50. The van der Waals surface area contributed by atoms with Crippen LogP contribution in [0.3, 0.4) is 0 Å². The first kappa shape index (κ1) is 15.2. The Kier molecular flexibility index (Phi) is 5.55. The molecule has 2 aromatic rings. The monoisotopic (exact) mass is 264 g/mol. The van der Waals surface area contributed by atoms with Crippen LogP contribution in [0.5, 0.6) is 0 Å². The van der Waals surface area contributed by atoms with E-state index in [9.17, 15) is 9.18 Å². The van der Waals surface area contributed by atoms with E-state index in [1.54, 1.807) is 4.90 Å². The van der Waals surface area contributed by atoms with Gasteiger partial charge in [-0.1, -0.05) is 19.1 Å². The number of aromatic amines is 1. The molecule has 4 heteroatoms. The summed E-state index contributed by atoms with van der Waals surface area (Å²) in [5, 5.41) is 1.09. The van der Waals surface area contributed by atoms with Gasteiger partial charge in [-0.2, -0.15) is 0 Å². The zero-order chi connectivity index (χ0) is 14.4. The fourth-order valence-electron chi connectivity index (χ4n) is 2.00. The van der Waals surface area contributed by atoms with E-state index in [0.29, 0.717) is 12.9 Å². The molecule has 0 saturated heterocycles. The van der Waals surface area contributed by atoms with Crippen LogP contribution in [0.2, 0.25) is 0 Å². The minimum atomic E-state index is 0.0562. The van der Waals surface area contributed by atoms with E-state index in [1.165, 1.54) is 5.56 Å². The Morgan fingerprint density at radius 3 is 2.63 bits per heavy atom. The van der Waals surface area contributed by atoms with E-state index in [0.717, 1.165) is 23.9 Å². The lowest BCUT2D eigenvalue weighted by atomic mass is 10.2. The first-order valence-electron chi connectivity index (χ1n) is 6.34. The number of aryl methyl sites for hydroxylation is 1. The third kappa shape index (κ3) is 3.56. The van der Waals surface area contributed by atoms with Gasteiger partial charge in [-0.05, 0) is 31.0 Å². The topological polar surface area (TPSA) is 36.1 Å². The number of rotatable bonds is 3. The lowest BCUT2D eigenvalue weighted by Gasteiger charge is -2.14. The van der Waals surface area contributed by atoms with Gasteiger partial charge < -0.3 is 9.88 Å². The van der Waals surface area contributed by atoms with Gasteiger partial charge in [0.25, 0.3) is 5.91 Å². The number of hydrogen-bond acceptors (Lipinski definition) is 1. The SMILES string of the molecule is CCCN(C)C(=O)c1cc2ccc(C)cc2[nH]1.CF. The highest BCUT2D eigenvalue weighted by Gasteiger charge is 2.13. The Labute approximate surface area is 113 Å². The van der Waals surface area contributed by atoms with Crippen LogP contribution in [-0.2, 0) is 0 Å². The Bertz CT molecular complexity index is 548. The van der Waals surface area contributed by atoms with Crippen LogP contribution in [0.4, 0.5) is 4.39 Å². The molecule has 0 saturated carbocycles. The van der Waals surface area contributed by atoms with E-state index in [2.05, 4.69) is 24.0 Å². The molecule has 104 valence electrons. The van der Waals surface area contributed by atoms with E-state index in [4.69, 9.17) is 0 Å². The van der Waals surface area contributed by atoms with Crippen LogP contribution < -0.4 is 0 Å². The lowest BCUT2D eigenvalue weighted by Crippen LogP contribution is -2.27. The second-order valence-corrected chi connectivity index (χ2v) is 4.50. The summed E-state index contributed by atoms with van der Waals surface area (Å²) in [6, 6.07) is 8.08. The minimum Gasteiger partial charge on any atom is -0.351 e. The van der Waals surface area contributed by atoms with Crippen molar-refractivity contribution >= 4 is 16.8 Å². The van der Waals surface area contributed by atoms with E-state index >= 15 is 0 Å². The van der Waals surface area contributed by atoms with Crippen LogP contribution in [-0.4, -0.2) is 36.6 Å². The summed E-state index contributed by atoms with van der Waals surface area (Å²) >= 11 is 0. The van der Waals surface area contributed by atoms with Gasteiger partial charge in [0.15, 0.2) is 0 Å². The highest BCUT2D eigenvalue weighted by Crippen LogP contribution is 2.17. The van der Waals surface area contributed by atoms with Crippen molar-refractivity contribution in [2.45, 2.75) is 20.3 Å². The van der Waals surface area contributed by atoms with Gasteiger partial charge in [-0.3, -0.25) is 9.18 Å². The van der Waals surface area contributed by atoms with Gasteiger partial charge in [0.1, 0.15) is 5.69 Å². The third-order valence-corrected chi connectivity index (χ3v) is 2.91. The molecule has 0 bridgehead atoms. The summed E-state index contributed by atoms with van der Waals surface area (Å²) in [4.78, 5) is 17.0. The molecule has 1 aromatic heterocycles. The maximum Gasteiger partial charge on any atom is 0.270 e. The van der Waals surface area contributed by atoms with Crippen LogP contribution in [0.25, 0.3) is 10.9 Å². The Hall–Kier alpha value is -1.84. The Balaban J connectivity index is 0.000000861. The number of benzene rings is 1. The number of carbonyl (C=O) groups excluding carboxylic acids is 1. The predicted molar refractivity (Wildman–Crippen MR) is 77.3 cm³/mol. The van der Waals surface area contributed by atoms with Crippen molar-refractivity contribution < 1.29 is 9.18 Å². The maximum absolute atomic E-state index is 12.1. The number of nitrogens with zero attached hydrogens (tertiary/aromatic N) is 1. The van der Waals surface area contributed by atoms with Gasteiger partial charge in [0, 0.05) is 24.5 Å². The van der Waals surface area contributed by atoms with Gasteiger partial charge in [-0.15, -0.1) is 0 Å². The number of aromatic nitrogens is 1. The molecule has 3 nitrogen and oxygen atoms in total. The molecule has 1 aromatic carbocycles. The quantitative estimate of drug-likeness (QED) is 0.904. The molecule has 1 heterocycles. The van der Waals surface area contributed by atoms with Crippen molar-refractivity contribution in [3.8, 4) is 0 Å². The van der Waals surface area contributed by atoms with Crippen molar-refractivity contribution in [3.05, 3.63) is 35.5 Å². The number of halogens is 1. The summed E-state index contributed by atoms with van der Waals surface area (Å²) in [5.74, 6) is 0.0562. The molecule has 1 amide bonds. The van der Waals surface area contributed by atoms with Crippen LogP contribution >= 0.6 is 0 Å². The molecule has 1 N–H and O–H groups in total. The van der Waals surface area contributed by atoms with Crippen molar-refractivity contribution in [2.75, 3.05) is 20.8 Å². The van der Waals surface area contributed by atoms with Crippen molar-refractivity contribution in [2.24, 2.45) is 0 Å². The molecule has 0 aliphatic carbocycles. The van der Waals surface area contributed by atoms with Gasteiger partial charge in [0.2, 0.25) is 0 Å². The molecule has 0 radical (unpaired) electrons. The molecule has 0 aliphatic rings. The second kappa shape index (κ2) is 6.92. The average molecular weight is 264 g/mol. The minimum absolute atomic E-state index is 0.0562. The highest BCUT2D eigenvalue weighted by atomic mass is 19.1. The second-order valence-electron chi connectivity index (χ2n) is 4.50. The first-order chi connectivity index (χ1) is 9.11.